The molecule has 3 N–H and O–H groups in total. The maximum absolute atomic E-state index is 12.9. The topological polar surface area (TPSA) is 105 Å². The molecular formula is C52H100N2O6P+. The monoisotopic (exact) mass is 880 g/mol. The minimum atomic E-state index is -4.35. The van der Waals surface area contributed by atoms with Crippen molar-refractivity contribution in [3.05, 3.63) is 48.6 Å². The van der Waals surface area contributed by atoms with Crippen LogP contribution in [0.15, 0.2) is 48.6 Å². The van der Waals surface area contributed by atoms with Crippen LogP contribution >= 0.6 is 7.82 Å². The van der Waals surface area contributed by atoms with E-state index < -0.39 is 20.0 Å². The van der Waals surface area contributed by atoms with E-state index in [1.807, 2.05) is 27.2 Å². The average Bonchev–Trinajstić information content (AvgIpc) is 3.21. The van der Waals surface area contributed by atoms with Crippen molar-refractivity contribution < 1.29 is 32.9 Å². The summed E-state index contributed by atoms with van der Waals surface area (Å²) in [6.07, 6.45) is 56.6. The number of nitrogens with one attached hydrogen (secondary N) is 1. The second-order valence-electron chi connectivity index (χ2n) is 18.5. The van der Waals surface area contributed by atoms with E-state index in [-0.39, 0.29) is 19.1 Å². The Morgan fingerprint density at radius 2 is 0.951 bits per heavy atom. The van der Waals surface area contributed by atoms with Gasteiger partial charge < -0.3 is 19.8 Å². The van der Waals surface area contributed by atoms with E-state index in [9.17, 15) is 19.4 Å². The lowest BCUT2D eigenvalue weighted by molar-refractivity contribution is -0.870. The van der Waals surface area contributed by atoms with Gasteiger partial charge in [0.2, 0.25) is 5.91 Å². The third-order valence-corrected chi connectivity index (χ3v) is 12.2. The van der Waals surface area contributed by atoms with Crippen LogP contribution in [-0.2, 0) is 18.4 Å². The second kappa shape index (κ2) is 43.7. The van der Waals surface area contributed by atoms with Crippen LogP contribution in [0.3, 0.4) is 0 Å². The highest BCUT2D eigenvalue weighted by molar-refractivity contribution is 7.47. The Balaban J connectivity index is 4.05. The number of amides is 1. The van der Waals surface area contributed by atoms with E-state index in [1.54, 1.807) is 6.08 Å². The molecule has 0 spiro atoms. The van der Waals surface area contributed by atoms with Crippen molar-refractivity contribution in [3.8, 4) is 0 Å². The summed E-state index contributed by atoms with van der Waals surface area (Å²) < 4.78 is 23.5. The van der Waals surface area contributed by atoms with Gasteiger partial charge in [-0.15, -0.1) is 0 Å². The molecule has 3 unspecified atom stereocenters. The summed E-state index contributed by atoms with van der Waals surface area (Å²) in [7, 11) is 1.54. The molecular weight excluding hydrogens is 780 g/mol. The molecule has 0 fully saturated rings. The summed E-state index contributed by atoms with van der Waals surface area (Å²) in [5, 5.41) is 13.8. The van der Waals surface area contributed by atoms with Gasteiger partial charge >= 0.3 is 7.82 Å². The van der Waals surface area contributed by atoms with Crippen LogP contribution in [-0.4, -0.2) is 73.4 Å². The molecule has 0 rings (SSSR count). The van der Waals surface area contributed by atoms with E-state index in [0.717, 1.165) is 51.4 Å². The summed E-state index contributed by atoms with van der Waals surface area (Å²) >= 11 is 0. The number of quaternary nitrogens is 1. The van der Waals surface area contributed by atoms with Gasteiger partial charge in [-0.25, -0.2) is 4.57 Å². The number of phosphoric ester groups is 1. The van der Waals surface area contributed by atoms with Crippen molar-refractivity contribution in [2.24, 2.45) is 0 Å². The van der Waals surface area contributed by atoms with Crippen molar-refractivity contribution in [3.63, 3.8) is 0 Å². The van der Waals surface area contributed by atoms with Crippen molar-refractivity contribution >= 4 is 13.7 Å². The van der Waals surface area contributed by atoms with Crippen LogP contribution in [0.5, 0.6) is 0 Å². The summed E-state index contributed by atoms with van der Waals surface area (Å²) in [6, 6.07) is -0.867. The molecule has 0 saturated heterocycles. The van der Waals surface area contributed by atoms with Crippen molar-refractivity contribution in [1.82, 2.24) is 5.32 Å². The van der Waals surface area contributed by atoms with Gasteiger partial charge in [-0.05, 0) is 64.2 Å². The number of hydrogen-bond acceptors (Lipinski definition) is 5. The number of likely N-dealkylation sites (N-methyl/N-ethyl adjacent to an activating group) is 1. The predicted molar refractivity (Wildman–Crippen MR) is 263 cm³/mol. The van der Waals surface area contributed by atoms with Gasteiger partial charge in [-0.1, -0.05) is 204 Å². The number of unbranched alkanes of at least 4 members (excludes halogenated alkanes) is 27. The molecule has 0 saturated carbocycles. The summed E-state index contributed by atoms with van der Waals surface area (Å²) in [5.74, 6) is -0.192. The van der Waals surface area contributed by atoms with Crippen LogP contribution in [0.1, 0.15) is 226 Å². The number of carbonyl (C=O) groups excluding carboxylic acids is 1. The molecule has 0 aromatic rings. The first-order valence-electron chi connectivity index (χ1n) is 25.5. The number of allylic oxidation sites excluding steroid dienone is 7. The Labute approximate surface area is 378 Å². The van der Waals surface area contributed by atoms with Gasteiger partial charge in [0.1, 0.15) is 13.2 Å². The first-order valence-corrected chi connectivity index (χ1v) is 27.0. The van der Waals surface area contributed by atoms with E-state index in [2.05, 4.69) is 55.6 Å². The maximum Gasteiger partial charge on any atom is 0.472 e. The zero-order chi connectivity index (χ0) is 45.0. The van der Waals surface area contributed by atoms with Gasteiger partial charge in [-0.3, -0.25) is 13.8 Å². The van der Waals surface area contributed by atoms with Crippen LogP contribution in [0, 0.1) is 0 Å². The zero-order valence-electron chi connectivity index (χ0n) is 40.7. The second-order valence-corrected chi connectivity index (χ2v) is 19.9. The van der Waals surface area contributed by atoms with Gasteiger partial charge in [0, 0.05) is 6.42 Å². The number of aliphatic hydroxyl groups is 1. The highest BCUT2D eigenvalue weighted by Gasteiger charge is 2.27. The largest absolute Gasteiger partial charge is 0.472 e. The third-order valence-electron chi connectivity index (χ3n) is 11.3. The van der Waals surface area contributed by atoms with Crippen molar-refractivity contribution in [2.75, 3.05) is 40.9 Å². The Hall–Kier alpha value is -1.54. The average molecular weight is 880 g/mol. The highest BCUT2D eigenvalue weighted by Crippen LogP contribution is 2.43. The Kier molecular flexibility index (Phi) is 42.6. The van der Waals surface area contributed by atoms with Crippen molar-refractivity contribution in [2.45, 2.75) is 238 Å². The standard InChI is InChI=1S/C52H99N2O6P/c1-6-8-10-12-14-16-18-19-20-21-22-23-24-25-26-27-28-29-30-31-32-33-34-35-36-38-40-42-44-46-52(56)53-50(49-60-61(57,58)59-48-47-54(3,4)5)51(55)45-43-41-39-37-17-15-13-11-9-7-2/h9,11,17,21-22,37,43,45,50-51,55H,6-8,10,12-16,18-20,23-36,38-42,44,46-49H2,1-5H3,(H-,53,56,57,58)/p+1/b11-9+,22-21-,37-17+,45-43+. The first kappa shape index (κ1) is 59.5. The normalized spacial score (nSPS) is 14.5. The van der Waals surface area contributed by atoms with E-state index in [1.165, 1.54) is 154 Å². The summed E-state index contributed by atoms with van der Waals surface area (Å²) in [6.45, 7) is 4.66. The number of aliphatic hydroxyl groups excluding tert-OH is 1. The molecule has 1 amide bonds. The molecule has 0 aliphatic rings. The first-order chi connectivity index (χ1) is 29.5. The number of hydrogen-bond donors (Lipinski definition) is 3. The van der Waals surface area contributed by atoms with Crippen LogP contribution < -0.4 is 5.32 Å². The fourth-order valence-electron chi connectivity index (χ4n) is 7.25. The van der Waals surface area contributed by atoms with Crippen LogP contribution in [0.4, 0.5) is 0 Å². The Morgan fingerprint density at radius 1 is 0.557 bits per heavy atom. The summed E-state index contributed by atoms with van der Waals surface area (Å²) in [5.41, 5.74) is 0. The fourth-order valence-corrected chi connectivity index (χ4v) is 7.99. The minimum absolute atomic E-state index is 0.0532. The highest BCUT2D eigenvalue weighted by atomic mass is 31.2. The SMILES string of the molecule is CC/C=C/CC/C=C/CC/C=C/C(O)C(COP(=O)(O)OCC[N+](C)(C)C)NC(=O)CCCCCCCCCCCCCCCCCCC/C=C\CCCCCCCCCC. The number of carbonyl (C=O) groups is 1. The molecule has 9 heteroatoms. The molecule has 8 nitrogen and oxygen atoms in total. The van der Waals surface area contributed by atoms with Gasteiger partial charge in [0.15, 0.2) is 0 Å². The van der Waals surface area contributed by atoms with Gasteiger partial charge in [0.25, 0.3) is 0 Å². The minimum Gasteiger partial charge on any atom is -0.387 e. The molecule has 61 heavy (non-hydrogen) atoms. The summed E-state index contributed by atoms with van der Waals surface area (Å²) in [4.78, 5) is 23.1. The maximum atomic E-state index is 12.9. The zero-order valence-corrected chi connectivity index (χ0v) is 41.5. The quantitative estimate of drug-likeness (QED) is 0.0243. The van der Waals surface area contributed by atoms with E-state index in [4.69, 9.17) is 9.05 Å². The van der Waals surface area contributed by atoms with Gasteiger partial charge in [-0.2, -0.15) is 0 Å². The third kappa shape index (κ3) is 46.3. The molecule has 0 aliphatic carbocycles. The molecule has 0 aromatic carbocycles. The molecule has 358 valence electrons. The molecule has 0 radical (unpaired) electrons. The molecule has 0 bridgehead atoms. The van der Waals surface area contributed by atoms with Crippen LogP contribution in [0.25, 0.3) is 0 Å². The van der Waals surface area contributed by atoms with Crippen molar-refractivity contribution in [1.29, 1.82) is 0 Å². The lowest BCUT2D eigenvalue weighted by Crippen LogP contribution is -2.45. The van der Waals surface area contributed by atoms with E-state index >= 15 is 0 Å². The molecule has 3 atom stereocenters. The Bertz CT molecular complexity index is 1130. The lowest BCUT2D eigenvalue weighted by atomic mass is 10.0. The smallest absolute Gasteiger partial charge is 0.387 e. The fraction of sp³-hybridized carbons (Fsp3) is 0.827. The lowest BCUT2D eigenvalue weighted by Gasteiger charge is -2.25. The van der Waals surface area contributed by atoms with Gasteiger partial charge in [0.05, 0.1) is 39.9 Å². The number of phosphoric acid groups is 1. The molecule has 0 heterocycles. The Morgan fingerprint density at radius 3 is 1.39 bits per heavy atom. The molecule has 0 aromatic heterocycles. The number of nitrogens with zero attached hydrogens (tertiary/aromatic N) is 1. The van der Waals surface area contributed by atoms with Crippen LogP contribution in [0.2, 0.25) is 0 Å². The number of rotatable bonds is 46. The predicted octanol–water partition coefficient (Wildman–Crippen LogP) is 14.8. The molecule has 0 aliphatic heterocycles. The van der Waals surface area contributed by atoms with E-state index in [0.29, 0.717) is 17.4 Å².